The molecule has 0 saturated carbocycles. The first kappa shape index (κ1) is 20.7. The fraction of sp³-hybridized carbons (Fsp3) is 0.565. The van der Waals surface area contributed by atoms with Gasteiger partial charge in [0, 0.05) is 69.7 Å². The molecular weight excluding hydrogens is 376 g/mol. The van der Waals surface area contributed by atoms with Crippen molar-refractivity contribution in [3.05, 3.63) is 36.0 Å². The predicted octanol–water partition coefficient (Wildman–Crippen LogP) is 2.65. The van der Waals surface area contributed by atoms with Gasteiger partial charge in [-0.15, -0.1) is 0 Å². The fourth-order valence-electron chi connectivity index (χ4n) is 5.02. The van der Waals surface area contributed by atoms with E-state index < -0.39 is 0 Å². The molecule has 4 heterocycles. The maximum atomic E-state index is 11.8. The number of aromatic nitrogens is 2. The minimum absolute atomic E-state index is 0.0618. The van der Waals surface area contributed by atoms with Gasteiger partial charge in [-0.25, -0.2) is 4.79 Å². The third-order valence-electron chi connectivity index (χ3n) is 6.69. The zero-order valence-electron chi connectivity index (χ0n) is 18.6. The second-order valence-electron chi connectivity index (χ2n) is 8.80. The van der Waals surface area contributed by atoms with Gasteiger partial charge in [-0.3, -0.25) is 9.58 Å². The highest BCUT2D eigenvalue weighted by Crippen LogP contribution is 2.42. The fourth-order valence-corrected chi connectivity index (χ4v) is 5.02. The molecule has 162 valence electrons. The van der Waals surface area contributed by atoms with Gasteiger partial charge in [-0.1, -0.05) is 12.1 Å². The van der Waals surface area contributed by atoms with Crippen LogP contribution in [-0.4, -0.2) is 67.0 Å². The zero-order chi connectivity index (χ0) is 21.3. The number of piperidine rings is 3. The van der Waals surface area contributed by atoms with Crippen LogP contribution in [0.1, 0.15) is 31.4 Å². The third kappa shape index (κ3) is 4.17. The molecule has 3 aliphatic rings. The number of aryl methyl sites for hydroxylation is 1. The van der Waals surface area contributed by atoms with Crippen molar-refractivity contribution in [1.82, 2.24) is 25.3 Å². The van der Waals surface area contributed by atoms with E-state index in [-0.39, 0.29) is 6.03 Å². The maximum absolute atomic E-state index is 11.8. The standard InChI is InChI=1S/C23H34N6O/c1-5-24-23(30)25-14-19-12-17-10-11-29(19)15-20(17)22-13-21(26-28(22)4)16-6-8-18(9-7-16)27(2)3/h6-9,13,17,19-20H,5,10-12,14-15H2,1-4H3,(H2,24,25,30). The third-order valence-corrected chi connectivity index (χ3v) is 6.69. The van der Waals surface area contributed by atoms with Gasteiger partial charge < -0.3 is 15.5 Å². The number of nitrogens with zero attached hydrogens (tertiary/aromatic N) is 4. The average Bonchev–Trinajstić information content (AvgIpc) is 3.14. The Morgan fingerprint density at radius 1 is 1.23 bits per heavy atom. The monoisotopic (exact) mass is 410 g/mol. The Hall–Kier alpha value is -2.54. The van der Waals surface area contributed by atoms with Gasteiger partial charge in [0.1, 0.15) is 0 Å². The number of urea groups is 1. The molecule has 7 nitrogen and oxygen atoms in total. The van der Waals surface area contributed by atoms with Crippen molar-refractivity contribution in [3.8, 4) is 11.3 Å². The van der Waals surface area contributed by atoms with E-state index in [1.165, 1.54) is 17.8 Å². The van der Waals surface area contributed by atoms with Gasteiger partial charge >= 0.3 is 6.03 Å². The van der Waals surface area contributed by atoms with Gasteiger partial charge in [-0.05, 0) is 50.4 Å². The van der Waals surface area contributed by atoms with Crippen LogP contribution in [0.5, 0.6) is 0 Å². The maximum Gasteiger partial charge on any atom is 0.314 e. The number of nitrogens with one attached hydrogen (secondary N) is 2. The summed E-state index contributed by atoms with van der Waals surface area (Å²) in [7, 11) is 6.18. The summed E-state index contributed by atoms with van der Waals surface area (Å²) in [6.07, 6.45) is 2.36. The number of anilines is 1. The van der Waals surface area contributed by atoms with Crippen molar-refractivity contribution in [2.75, 3.05) is 45.2 Å². The number of amides is 2. The van der Waals surface area contributed by atoms with Crippen LogP contribution < -0.4 is 15.5 Å². The molecule has 2 N–H and O–H groups in total. The van der Waals surface area contributed by atoms with Crippen LogP contribution in [0.4, 0.5) is 10.5 Å². The van der Waals surface area contributed by atoms with Crippen LogP contribution in [0.2, 0.25) is 0 Å². The summed E-state index contributed by atoms with van der Waals surface area (Å²) in [4.78, 5) is 16.4. The Labute approximate surface area is 179 Å². The van der Waals surface area contributed by atoms with Crippen LogP contribution in [0.3, 0.4) is 0 Å². The van der Waals surface area contributed by atoms with Crippen LogP contribution in [0.15, 0.2) is 30.3 Å². The molecule has 2 aromatic rings. The molecule has 7 heteroatoms. The lowest BCUT2D eigenvalue weighted by molar-refractivity contribution is 0.0294. The Balaban J connectivity index is 1.45. The van der Waals surface area contributed by atoms with E-state index in [1.54, 1.807) is 0 Å². The average molecular weight is 411 g/mol. The molecule has 4 atom stereocenters. The molecule has 3 saturated heterocycles. The summed E-state index contributed by atoms with van der Waals surface area (Å²) in [5, 5.41) is 10.7. The van der Waals surface area contributed by atoms with Crippen molar-refractivity contribution < 1.29 is 4.79 Å². The largest absolute Gasteiger partial charge is 0.378 e. The zero-order valence-corrected chi connectivity index (χ0v) is 18.6. The van der Waals surface area contributed by atoms with E-state index in [0.717, 1.165) is 37.3 Å². The first-order valence-corrected chi connectivity index (χ1v) is 11.0. The topological polar surface area (TPSA) is 65.4 Å². The van der Waals surface area contributed by atoms with E-state index in [4.69, 9.17) is 5.10 Å². The summed E-state index contributed by atoms with van der Waals surface area (Å²) < 4.78 is 2.07. The van der Waals surface area contributed by atoms with Crippen molar-refractivity contribution in [2.24, 2.45) is 13.0 Å². The quantitative estimate of drug-likeness (QED) is 0.768. The van der Waals surface area contributed by atoms with E-state index in [1.807, 2.05) is 6.92 Å². The number of hydrogen-bond donors (Lipinski definition) is 2. The second-order valence-corrected chi connectivity index (χ2v) is 8.80. The summed E-state index contributed by atoms with van der Waals surface area (Å²) >= 11 is 0. The number of carbonyl (C=O) groups excluding carboxylic acids is 1. The Morgan fingerprint density at radius 3 is 2.63 bits per heavy atom. The molecule has 0 spiro atoms. The van der Waals surface area contributed by atoms with Crippen molar-refractivity contribution >= 4 is 11.7 Å². The Kier molecular flexibility index (Phi) is 5.99. The van der Waals surface area contributed by atoms with Crippen molar-refractivity contribution in [1.29, 1.82) is 0 Å². The molecular formula is C23H34N6O. The lowest BCUT2D eigenvalue weighted by Crippen LogP contribution is -2.56. The SMILES string of the molecule is CCNC(=O)NCC1CC2CCN1CC2c1cc(-c2ccc(N(C)C)cc2)nn1C. The van der Waals surface area contributed by atoms with Crippen molar-refractivity contribution in [3.63, 3.8) is 0 Å². The number of benzene rings is 1. The first-order chi connectivity index (χ1) is 14.5. The van der Waals surface area contributed by atoms with Crippen molar-refractivity contribution in [2.45, 2.75) is 31.7 Å². The molecule has 0 aliphatic carbocycles. The first-order valence-electron chi connectivity index (χ1n) is 11.0. The number of hydrogen-bond acceptors (Lipinski definition) is 4. The molecule has 4 unspecified atom stereocenters. The van der Waals surface area contributed by atoms with E-state index >= 15 is 0 Å². The van der Waals surface area contributed by atoms with Gasteiger partial charge in [0.25, 0.3) is 0 Å². The van der Waals surface area contributed by atoms with Gasteiger partial charge in [0.05, 0.1) is 5.69 Å². The number of rotatable bonds is 6. The lowest BCUT2D eigenvalue weighted by Gasteiger charge is -2.49. The van der Waals surface area contributed by atoms with Crippen LogP contribution in [0.25, 0.3) is 11.3 Å². The normalized spacial score (nSPS) is 25.2. The lowest BCUT2D eigenvalue weighted by atomic mass is 9.74. The second kappa shape index (κ2) is 8.68. The van der Waals surface area contributed by atoms with E-state index in [0.29, 0.717) is 24.4 Å². The van der Waals surface area contributed by atoms with Gasteiger partial charge in [0.15, 0.2) is 0 Å². The Morgan fingerprint density at radius 2 is 2.00 bits per heavy atom. The summed E-state index contributed by atoms with van der Waals surface area (Å²) in [6, 6.07) is 11.2. The highest BCUT2D eigenvalue weighted by atomic mass is 16.2. The van der Waals surface area contributed by atoms with E-state index in [9.17, 15) is 4.79 Å². The summed E-state index contributed by atoms with van der Waals surface area (Å²) in [5.41, 5.74) is 4.72. The summed E-state index contributed by atoms with van der Waals surface area (Å²) in [5.74, 6) is 1.15. The smallest absolute Gasteiger partial charge is 0.314 e. The minimum Gasteiger partial charge on any atom is -0.378 e. The van der Waals surface area contributed by atoms with Crippen LogP contribution >= 0.6 is 0 Å². The molecule has 30 heavy (non-hydrogen) atoms. The summed E-state index contributed by atoms with van der Waals surface area (Å²) in [6.45, 7) is 5.50. The van der Waals surface area contributed by atoms with E-state index in [2.05, 4.69) is 76.6 Å². The molecule has 3 fully saturated rings. The van der Waals surface area contributed by atoms with Gasteiger partial charge in [-0.2, -0.15) is 5.10 Å². The molecule has 0 radical (unpaired) electrons. The number of carbonyl (C=O) groups is 1. The molecule has 1 aromatic heterocycles. The Bertz CT molecular complexity index is 874. The van der Waals surface area contributed by atoms with Crippen LogP contribution in [-0.2, 0) is 7.05 Å². The molecule has 1 aromatic carbocycles. The molecule has 5 rings (SSSR count). The highest BCUT2D eigenvalue weighted by Gasteiger charge is 2.41. The molecule has 2 amide bonds. The number of fused-ring (bicyclic) bond motifs is 3. The van der Waals surface area contributed by atoms with Gasteiger partial charge in [0.2, 0.25) is 0 Å². The molecule has 2 bridgehead atoms. The predicted molar refractivity (Wildman–Crippen MR) is 121 cm³/mol. The van der Waals surface area contributed by atoms with Crippen LogP contribution in [0, 0.1) is 5.92 Å². The molecule has 3 aliphatic heterocycles. The highest BCUT2D eigenvalue weighted by molar-refractivity contribution is 5.73. The minimum atomic E-state index is -0.0618.